The molecule has 3 aromatic rings. The van der Waals surface area contributed by atoms with E-state index < -0.39 is 11.8 Å². The number of carbonyl (C=O) groups excluding carboxylic acids is 2. The number of rotatable bonds is 8. The highest BCUT2D eigenvalue weighted by Crippen LogP contribution is 2.32. The lowest BCUT2D eigenvalue weighted by molar-refractivity contribution is -0.128. The summed E-state index contributed by atoms with van der Waals surface area (Å²) in [6.45, 7) is -0.230. The summed E-state index contributed by atoms with van der Waals surface area (Å²) in [7, 11) is 1.52. The first-order chi connectivity index (χ1) is 14.5. The second-order valence-corrected chi connectivity index (χ2v) is 7.07. The maximum Gasteiger partial charge on any atom is 0.277 e. The molecule has 0 bridgehead atoms. The van der Waals surface area contributed by atoms with Crippen LogP contribution in [0.25, 0.3) is 11.5 Å². The summed E-state index contributed by atoms with van der Waals surface area (Å²) >= 11 is 7.02. The van der Waals surface area contributed by atoms with Crippen molar-refractivity contribution in [2.45, 2.75) is 5.22 Å². The third kappa shape index (κ3) is 6.13. The molecule has 0 radical (unpaired) electrons. The fourth-order valence-corrected chi connectivity index (χ4v) is 2.96. The first-order valence-corrected chi connectivity index (χ1v) is 9.97. The molecule has 3 rings (SSSR count). The number of halogens is 1. The summed E-state index contributed by atoms with van der Waals surface area (Å²) in [6, 6.07) is 13.9. The Kier molecular flexibility index (Phi) is 7.52. The summed E-state index contributed by atoms with van der Waals surface area (Å²) in [5.41, 5.74) is 5.09. The average Bonchev–Trinajstić information content (AvgIpc) is 3.24. The number of hydrazine groups is 1. The maximum atomic E-state index is 11.9. The molecule has 0 fully saturated rings. The van der Waals surface area contributed by atoms with Gasteiger partial charge in [-0.1, -0.05) is 41.6 Å². The van der Waals surface area contributed by atoms with Crippen LogP contribution in [0.15, 0.2) is 58.2 Å². The van der Waals surface area contributed by atoms with Crippen LogP contribution in [0.2, 0.25) is 5.02 Å². The van der Waals surface area contributed by atoms with Crippen LogP contribution in [0.3, 0.4) is 0 Å². The first-order valence-electron chi connectivity index (χ1n) is 8.61. The van der Waals surface area contributed by atoms with E-state index in [9.17, 15) is 9.59 Å². The largest absolute Gasteiger partial charge is 0.496 e. The van der Waals surface area contributed by atoms with Crippen molar-refractivity contribution in [1.82, 2.24) is 21.0 Å². The zero-order valence-electron chi connectivity index (χ0n) is 15.8. The molecule has 2 N–H and O–H groups in total. The lowest BCUT2D eigenvalue weighted by Gasteiger charge is -2.08. The average molecular weight is 449 g/mol. The number of carbonyl (C=O) groups is 2. The van der Waals surface area contributed by atoms with Gasteiger partial charge in [0.25, 0.3) is 17.0 Å². The number of hydrogen-bond acceptors (Lipinski definition) is 8. The summed E-state index contributed by atoms with van der Waals surface area (Å²) in [5, 5.41) is 8.51. The van der Waals surface area contributed by atoms with Crippen LogP contribution in [0, 0.1) is 0 Å². The van der Waals surface area contributed by atoms with Gasteiger partial charge < -0.3 is 13.9 Å². The highest BCUT2D eigenvalue weighted by molar-refractivity contribution is 7.99. The van der Waals surface area contributed by atoms with Gasteiger partial charge in [-0.25, -0.2) is 0 Å². The Morgan fingerprint density at radius 2 is 1.87 bits per heavy atom. The number of hydrogen-bond donors (Lipinski definition) is 2. The van der Waals surface area contributed by atoms with Gasteiger partial charge in [-0.3, -0.25) is 20.4 Å². The van der Waals surface area contributed by atoms with Crippen LogP contribution in [0.1, 0.15) is 0 Å². The van der Waals surface area contributed by atoms with E-state index in [4.69, 9.17) is 25.5 Å². The molecule has 1 heterocycles. The monoisotopic (exact) mass is 448 g/mol. The minimum atomic E-state index is -0.495. The minimum Gasteiger partial charge on any atom is -0.496 e. The molecular formula is C19H17ClN4O5S. The van der Waals surface area contributed by atoms with Crippen molar-refractivity contribution >= 4 is 35.2 Å². The van der Waals surface area contributed by atoms with E-state index in [1.807, 2.05) is 6.07 Å². The standard InChI is InChI=1S/C19H17ClN4O5S/c1-27-15-8-7-12(20)9-14(15)18-23-24-19(29-18)30-11-17(26)22-21-16(25)10-28-13-5-3-2-4-6-13/h2-9H,10-11H2,1H3,(H,21,25)(H,22,26). The Hall–Kier alpha value is -3.24. The number of benzene rings is 2. The molecule has 0 atom stereocenters. The number of methoxy groups -OCH3 is 1. The Morgan fingerprint density at radius 3 is 2.63 bits per heavy atom. The van der Waals surface area contributed by atoms with Crippen molar-refractivity contribution in [3.63, 3.8) is 0 Å². The van der Waals surface area contributed by atoms with Gasteiger partial charge in [0.05, 0.1) is 18.4 Å². The molecule has 0 aliphatic heterocycles. The van der Waals surface area contributed by atoms with Crippen LogP contribution >= 0.6 is 23.4 Å². The highest BCUT2D eigenvalue weighted by atomic mass is 35.5. The smallest absolute Gasteiger partial charge is 0.277 e. The van der Waals surface area contributed by atoms with E-state index in [1.54, 1.807) is 42.5 Å². The van der Waals surface area contributed by atoms with Crippen molar-refractivity contribution in [1.29, 1.82) is 0 Å². The number of para-hydroxylation sites is 1. The van der Waals surface area contributed by atoms with Crippen LogP contribution in [0.5, 0.6) is 11.5 Å². The van der Waals surface area contributed by atoms with Crippen LogP contribution in [-0.4, -0.2) is 41.5 Å². The maximum absolute atomic E-state index is 11.9. The van der Waals surface area contributed by atoms with Gasteiger partial charge in [0, 0.05) is 5.02 Å². The first kappa shape index (κ1) is 21.5. The number of ether oxygens (including phenoxy) is 2. The zero-order chi connectivity index (χ0) is 21.3. The topological polar surface area (TPSA) is 116 Å². The third-order valence-corrected chi connectivity index (χ3v) is 4.63. The van der Waals surface area contributed by atoms with E-state index >= 15 is 0 Å². The van der Waals surface area contributed by atoms with Crippen LogP contribution in [-0.2, 0) is 9.59 Å². The molecule has 0 aliphatic rings. The Balaban J connectivity index is 1.44. The number of nitrogens with one attached hydrogen (secondary N) is 2. The normalized spacial score (nSPS) is 10.3. The van der Waals surface area contributed by atoms with Gasteiger partial charge in [-0.2, -0.15) is 0 Å². The molecule has 0 aliphatic carbocycles. The summed E-state index contributed by atoms with van der Waals surface area (Å²) in [5.74, 6) is 0.298. The molecule has 156 valence electrons. The highest BCUT2D eigenvalue weighted by Gasteiger charge is 2.15. The number of amides is 2. The number of thioether (sulfide) groups is 1. The fraction of sp³-hybridized carbons (Fsp3) is 0.158. The van der Waals surface area contributed by atoms with Crippen molar-refractivity contribution < 1.29 is 23.5 Å². The minimum absolute atomic E-state index is 0.0475. The van der Waals surface area contributed by atoms with Gasteiger partial charge in [0.15, 0.2) is 6.61 Å². The molecule has 2 aromatic carbocycles. The van der Waals surface area contributed by atoms with Crippen molar-refractivity contribution in [3.8, 4) is 23.0 Å². The molecule has 0 spiro atoms. The Bertz CT molecular complexity index is 1020. The van der Waals surface area contributed by atoms with Crippen molar-refractivity contribution in [3.05, 3.63) is 53.6 Å². The predicted molar refractivity (Wildman–Crippen MR) is 110 cm³/mol. The molecule has 1 aromatic heterocycles. The molecule has 30 heavy (non-hydrogen) atoms. The molecule has 0 saturated carbocycles. The predicted octanol–water partition coefficient (Wildman–Crippen LogP) is 2.72. The van der Waals surface area contributed by atoms with Gasteiger partial charge in [-0.15, -0.1) is 10.2 Å². The van der Waals surface area contributed by atoms with Gasteiger partial charge >= 0.3 is 0 Å². The van der Waals surface area contributed by atoms with Gasteiger partial charge in [-0.05, 0) is 30.3 Å². The zero-order valence-corrected chi connectivity index (χ0v) is 17.3. The lowest BCUT2D eigenvalue weighted by Crippen LogP contribution is -2.44. The molecular weight excluding hydrogens is 432 g/mol. The molecule has 11 heteroatoms. The molecule has 2 amide bonds. The van der Waals surface area contributed by atoms with E-state index in [1.165, 1.54) is 7.11 Å². The van der Waals surface area contributed by atoms with Crippen LogP contribution in [0.4, 0.5) is 0 Å². The molecule has 0 unspecified atom stereocenters. The summed E-state index contributed by atoms with van der Waals surface area (Å²) in [6.07, 6.45) is 0. The van der Waals surface area contributed by atoms with Crippen LogP contribution < -0.4 is 20.3 Å². The lowest BCUT2D eigenvalue weighted by atomic mass is 10.2. The molecule has 9 nitrogen and oxygen atoms in total. The Morgan fingerprint density at radius 1 is 1.10 bits per heavy atom. The third-order valence-electron chi connectivity index (χ3n) is 3.58. The van der Waals surface area contributed by atoms with Crippen molar-refractivity contribution in [2.75, 3.05) is 19.5 Å². The summed E-state index contributed by atoms with van der Waals surface area (Å²) < 4.78 is 16.1. The molecule has 0 saturated heterocycles. The van der Waals surface area contributed by atoms with E-state index in [0.29, 0.717) is 22.1 Å². The van der Waals surface area contributed by atoms with E-state index in [0.717, 1.165) is 11.8 Å². The van der Waals surface area contributed by atoms with Crippen molar-refractivity contribution in [2.24, 2.45) is 0 Å². The van der Waals surface area contributed by atoms with E-state index in [2.05, 4.69) is 21.0 Å². The quantitative estimate of drug-likeness (QED) is 0.399. The summed E-state index contributed by atoms with van der Waals surface area (Å²) in [4.78, 5) is 23.6. The van der Waals surface area contributed by atoms with Gasteiger partial charge in [0.1, 0.15) is 11.5 Å². The number of nitrogens with zero attached hydrogens (tertiary/aromatic N) is 2. The Labute approximate surface area is 181 Å². The van der Waals surface area contributed by atoms with Gasteiger partial charge in [0.2, 0.25) is 5.91 Å². The van der Waals surface area contributed by atoms with E-state index in [-0.39, 0.29) is 23.5 Å². The fourth-order valence-electron chi connectivity index (χ4n) is 2.23. The second kappa shape index (κ2) is 10.5. The number of aromatic nitrogens is 2. The SMILES string of the molecule is COc1ccc(Cl)cc1-c1nnc(SCC(=O)NNC(=O)COc2ccccc2)o1. The second-order valence-electron chi connectivity index (χ2n) is 5.70.